The Balaban J connectivity index is 2.11. The zero-order chi connectivity index (χ0) is 18.6. The smallest absolute Gasteiger partial charge is 0.314 e. The molecule has 7 heteroatoms. The van der Waals surface area contributed by atoms with E-state index in [0.717, 1.165) is 23.5 Å². The van der Waals surface area contributed by atoms with Gasteiger partial charge in [0, 0.05) is 25.0 Å². The summed E-state index contributed by atoms with van der Waals surface area (Å²) in [6.07, 6.45) is 0. The first-order valence-electron chi connectivity index (χ1n) is 8.67. The van der Waals surface area contributed by atoms with Crippen LogP contribution in [0.5, 0.6) is 0 Å². The zero-order valence-electron chi connectivity index (χ0n) is 15.4. The first-order valence-corrected chi connectivity index (χ1v) is 8.67. The van der Waals surface area contributed by atoms with Gasteiger partial charge in [-0.2, -0.15) is 4.98 Å². The first-order chi connectivity index (χ1) is 12.5. The van der Waals surface area contributed by atoms with E-state index in [4.69, 9.17) is 0 Å². The highest BCUT2D eigenvalue weighted by Gasteiger charge is 2.22. The lowest BCUT2D eigenvalue weighted by Gasteiger charge is -2.08. The van der Waals surface area contributed by atoms with Crippen LogP contribution in [0.3, 0.4) is 0 Å². The van der Waals surface area contributed by atoms with Crippen molar-refractivity contribution in [3.05, 3.63) is 68.1 Å². The van der Waals surface area contributed by atoms with Gasteiger partial charge in [0.2, 0.25) is 5.78 Å². The number of fused-ring (bicyclic) bond motifs is 3. The van der Waals surface area contributed by atoms with Gasteiger partial charge in [0.05, 0.1) is 6.54 Å². The van der Waals surface area contributed by atoms with Crippen LogP contribution in [0.2, 0.25) is 0 Å². The molecule has 0 aliphatic carbocycles. The standard InChI is InChI=1S/C19H21N5O2/c1-5-22-12(2)13(3)24-15-16(20-18(22)24)21(4)19(26)23(17(15)25)11-14-9-7-6-8-10-14/h6-10H,5,11H2,1-4H3. The average Bonchev–Trinajstić information content (AvgIpc) is 3.14. The van der Waals surface area contributed by atoms with E-state index in [2.05, 4.69) is 9.55 Å². The molecule has 3 heterocycles. The van der Waals surface area contributed by atoms with Gasteiger partial charge in [-0.25, -0.2) is 4.79 Å². The van der Waals surface area contributed by atoms with E-state index in [-0.39, 0.29) is 17.8 Å². The summed E-state index contributed by atoms with van der Waals surface area (Å²) < 4.78 is 6.67. The summed E-state index contributed by atoms with van der Waals surface area (Å²) in [5.74, 6) is 0.696. The van der Waals surface area contributed by atoms with Gasteiger partial charge in [0.25, 0.3) is 5.56 Å². The van der Waals surface area contributed by atoms with Gasteiger partial charge in [-0.15, -0.1) is 0 Å². The fourth-order valence-electron chi connectivity index (χ4n) is 3.60. The Labute approximate surface area is 149 Å². The molecule has 3 aromatic heterocycles. The molecule has 0 fully saturated rings. The number of imidazole rings is 2. The maximum Gasteiger partial charge on any atom is 0.332 e. The van der Waals surface area contributed by atoms with Gasteiger partial charge in [0.1, 0.15) is 0 Å². The Hall–Kier alpha value is -3.09. The van der Waals surface area contributed by atoms with Gasteiger partial charge < -0.3 is 4.57 Å². The van der Waals surface area contributed by atoms with Crippen molar-refractivity contribution in [2.45, 2.75) is 33.9 Å². The van der Waals surface area contributed by atoms with Crippen LogP contribution in [-0.4, -0.2) is 23.1 Å². The van der Waals surface area contributed by atoms with E-state index >= 15 is 0 Å². The van der Waals surface area contributed by atoms with Gasteiger partial charge in [-0.05, 0) is 26.3 Å². The summed E-state index contributed by atoms with van der Waals surface area (Å²) in [6.45, 7) is 7.02. The van der Waals surface area contributed by atoms with Gasteiger partial charge in [-0.3, -0.25) is 18.3 Å². The van der Waals surface area contributed by atoms with Gasteiger partial charge in [0.15, 0.2) is 11.2 Å². The van der Waals surface area contributed by atoms with Crippen molar-refractivity contribution in [3.8, 4) is 0 Å². The summed E-state index contributed by atoms with van der Waals surface area (Å²) in [4.78, 5) is 30.6. The normalized spacial score (nSPS) is 11.7. The molecule has 0 atom stereocenters. The van der Waals surface area contributed by atoms with Crippen LogP contribution in [0.15, 0.2) is 39.9 Å². The number of aryl methyl sites for hydroxylation is 3. The van der Waals surface area contributed by atoms with Gasteiger partial charge in [-0.1, -0.05) is 30.3 Å². The first kappa shape index (κ1) is 16.4. The molecule has 0 unspecified atom stereocenters. The van der Waals surface area contributed by atoms with Gasteiger partial charge >= 0.3 is 5.69 Å². The van der Waals surface area contributed by atoms with Crippen LogP contribution in [0.25, 0.3) is 16.9 Å². The molecule has 1 aromatic carbocycles. The summed E-state index contributed by atoms with van der Waals surface area (Å²) >= 11 is 0. The number of hydrogen-bond donors (Lipinski definition) is 0. The third-order valence-electron chi connectivity index (χ3n) is 5.13. The lowest BCUT2D eigenvalue weighted by atomic mass is 10.2. The molecule has 4 aromatic rings. The Kier molecular flexibility index (Phi) is 3.61. The second-order valence-electron chi connectivity index (χ2n) is 6.55. The third kappa shape index (κ3) is 2.09. The third-order valence-corrected chi connectivity index (χ3v) is 5.13. The minimum absolute atomic E-state index is 0.238. The van der Waals surface area contributed by atoms with Crippen LogP contribution in [0.1, 0.15) is 23.9 Å². The van der Waals surface area contributed by atoms with Crippen LogP contribution >= 0.6 is 0 Å². The summed E-state index contributed by atoms with van der Waals surface area (Å²) in [7, 11) is 1.66. The zero-order valence-corrected chi connectivity index (χ0v) is 15.4. The number of nitrogens with zero attached hydrogens (tertiary/aromatic N) is 5. The van der Waals surface area contributed by atoms with Crippen molar-refractivity contribution in [3.63, 3.8) is 0 Å². The predicted octanol–water partition coefficient (Wildman–Crippen LogP) is 1.83. The predicted molar refractivity (Wildman–Crippen MR) is 101 cm³/mol. The van der Waals surface area contributed by atoms with E-state index in [1.807, 2.05) is 55.5 Å². The van der Waals surface area contributed by atoms with Crippen molar-refractivity contribution in [1.29, 1.82) is 0 Å². The van der Waals surface area contributed by atoms with Crippen molar-refractivity contribution in [2.75, 3.05) is 0 Å². The molecule has 0 aliphatic rings. The molecule has 26 heavy (non-hydrogen) atoms. The fraction of sp³-hybridized carbons (Fsp3) is 0.316. The Bertz CT molecular complexity index is 1260. The number of hydrogen-bond acceptors (Lipinski definition) is 3. The van der Waals surface area contributed by atoms with E-state index < -0.39 is 0 Å². The summed E-state index contributed by atoms with van der Waals surface area (Å²) in [5, 5.41) is 0. The lowest BCUT2D eigenvalue weighted by Crippen LogP contribution is -2.39. The quantitative estimate of drug-likeness (QED) is 0.566. The maximum absolute atomic E-state index is 13.2. The highest BCUT2D eigenvalue weighted by Crippen LogP contribution is 2.20. The Morgan fingerprint density at radius 1 is 1.00 bits per heavy atom. The molecule has 0 spiro atoms. The number of aromatic nitrogens is 5. The molecular formula is C19H21N5O2. The molecule has 0 amide bonds. The SMILES string of the molecule is CCn1c(C)c(C)n2c3c(=O)n(Cc4ccccc4)c(=O)n(C)c3nc12. The maximum atomic E-state index is 13.2. The van der Waals surface area contributed by atoms with Crippen molar-refractivity contribution >= 4 is 16.9 Å². The van der Waals surface area contributed by atoms with E-state index in [1.165, 1.54) is 9.13 Å². The molecule has 134 valence electrons. The molecule has 0 saturated carbocycles. The van der Waals surface area contributed by atoms with E-state index in [0.29, 0.717) is 16.9 Å². The largest absolute Gasteiger partial charge is 0.332 e. The van der Waals surface area contributed by atoms with E-state index in [1.54, 1.807) is 7.05 Å². The van der Waals surface area contributed by atoms with E-state index in [9.17, 15) is 9.59 Å². The monoisotopic (exact) mass is 351 g/mol. The Morgan fingerprint density at radius 3 is 2.35 bits per heavy atom. The summed E-state index contributed by atoms with van der Waals surface area (Å²) in [6, 6.07) is 9.52. The van der Waals surface area contributed by atoms with Crippen molar-refractivity contribution < 1.29 is 0 Å². The molecule has 0 radical (unpaired) electrons. The van der Waals surface area contributed by atoms with Crippen molar-refractivity contribution in [1.82, 2.24) is 23.1 Å². The molecule has 0 bridgehead atoms. The highest BCUT2D eigenvalue weighted by molar-refractivity contribution is 5.76. The van der Waals surface area contributed by atoms with Crippen LogP contribution in [0, 0.1) is 13.8 Å². The Morgan fingerprint density at radius 2 is 1.69 bits per heavy atom. The average molecular weight is 351 g/mol. The van der Waals surface area contributed by atoms with Crippen molar-refractivity contribution in [2.24, 2.45) is 7.05 Å². The van der Waals surface area contributed by atoms with Crippen LogP contribution in [0.4, 0.5) is 0 Å². The fourth-order valence-corrected chi connectivity index (χ4v) is 3.60. The molecule has 7 nitrogen and oxygen atoms in total. The molecule has 0 saturated heterocycles. The minimum Gasteiger partial charge on any atom is -0.314 e. The molecule has 4 rings (SSSR count). The van der Waals surface area contributed by atoms with Crippen LogP contribution < -0.4 is 11.2 Å². The molecule has 0 aliphatic heterocycles. The summed E-state index contributed by atoms with van der Waals surface area (Å²) in [5.41, 5.74) is 3.15. The van der Waals surface area contributed by atoms with Crippen LogP contribution in [-0.2, 0) is 20.1 Å². The minimum atomic E-state index is -0.357. The molecular weight excluding hydrogens is 330 g/mol. The highest BCUT2D eigenvalue weighted by atomic mass is 16.2. The lowest BCUT2D eigenvalue weighted by molar-refractivity contribution is 0.656. The number of benzene rings is 1. The second kappa shape index (κ2) is 5.72. The second-order valence-corrected chi connectivity index (χ2v) is 6.55. The molecule has 0 N–H and O–H groups in total. The number of rotatable bonds is 3. The topological polar surface area (TPSA) is 66.2 Å².